The Morgan fingerprint density at radius 2 is 2.05 bits per heavy atom. The van der Waals surface area contributed by atoms with Crippen molar-refractivity contribution < 1.29 is 0 Å². The topological polar surface area (TPSA) is 29.3 Å². The van der Waals surface area contributed by atoms with E-state index >= 15 is 0 Å². The van der Waals surface area contributed by atoms with E-state index < -0.39 is 0 Å². The normalized spacial score (nSPS) is 17.9. The van der Waals surface area contributed by atoms with Gasteiger partial charge in [-0.25, -0.2) is 0 Å². The van der Waals surface area contributed by atoms with Crippen molar-refractivity contribution in [1.29, 1.82) is 0 Å². The third kappa shape index (κ3) is 2.61. The van der Waals surface area contributed by atoms with Crippen molar-refractivity contribution in [2.75, 3.05) is 17.2 Å². The van der Waals surface area contributed by atoms with Crippen LogP contribution in [0.25, 0.3) is 0 Å². The molecule has 2 aromatic rings. The number of halogens is 1. The van der Waals surface area contributed by atoms with Crippen molar-refractivity contribution >= 4 is 23.0 Å². The highest BCUT2D eigenvalue weighted by atomic mass is 35.5. The van der Waals surface area contributed by atoms with Crippen LogP contribution in [0.3, 0.4) is 0 Å². The first-order chi connectivity index (χ1) is 9.63. The van der Waals surface area contributed by atoms with Crippen LogP contribution in [-0.4, -0.2) is 6.54 Å². The average Bonchev–Trinajstić information content (AvgIpc) is 2.41. The van der Waals surface area contributed by atoms with Crippen molar-refractivity contribution in [3.8, 4) is 0 Å². The molecule has 0 aliphatic carbocycles. The fourth-order valence-electron chi connectivity index (χ4n) is 2.95. The van der Waals surface area contributed by atoms with Gasteiger partial charge < -0.3 is 10.6 Å². The molecule has 3 rings (SSSR count). The number of nitrogen functional groups attached to an aromatic ring is 1. The lowest BCUT2D eigenvalue weighted by Crippen LogP contribution is -2.33. The second-order valence-electron chi connectivity index (χ2n) is 5.67. The summed E-state index contributed by atoms with van der Waals surface area (Å²) in [6.07, 6.45) is 1.15. The zero-order valence-corrected chi connectivity index (χ0v) is 12.4. The third-order valence-electron chi connectivity index (χ3n) is 3.87. The lowest BCUT2D eigenvalue weighted by molar-refractivity contribution is 0.530. The van der Waals surface area contributed by atoms with E-state index in [9.17, 15) is 0 Å². The van der Waals surface area contributed by atoms with E-state index in [1.54, 1.807) is 0 Å². The largest absolute Gasteiger partial charge is 0.399 e. The van der Waals surface area contributed by atoms with E-state index in [-0.39, 0.29) is 0 Å². The molecule has 0 amide bonds. The van der Waals surface area contributed by atoms with Gasteiger partial charge in [0.2, 0.25) is 0 Å². The molecule has 1 unspecified atom stereocenters. The molecular weight excluding hydrogens is 268 g/mol. The molecule has 0 fully saturated rings. The van der Waals surface area contributed by atoms with E-state index in [4.69, 9.17) is 17.3 Å². The monoisotopic (exact) mass is 286 g/mol. The van der Waals surface area contributed by atoms with Crippen molar-refractivity contribution in [3.63, 3.8) is 0 Å². The molecule has 0 bridgehead atoms. The van der Waals surface area contributed by atoms with E-state index in [2.05, 4.69) is 36.1 Å². The number of rotatable bonds is 2. The lowest BCUT2D eigenvalue weighted by atomic mass is 9.93. The Labute approximate surface area is 125 Å². The van der Waals surface area contributed by atoms with E-state index in [1.807, 2.05) is 18.2 Å². The number of anilines is 2. The maximum Gasteiger partial charge on any atom is 0.0476 e. The van der Waals surface area contributed by atoms with E-state index in [1.165, 1.54) is 11.3 Å². The van der Waals surface area contributed by atoms with E-state index in [0.29, 0.717) is 11.6 Å². The van der Waals surface area contributed by atoms with Gasteiger partial charge in [0.1, 0.15) is 0 Å². The Morgan fingerprint density at radius 1 is 1.25 bits per heavy atom. The van der Waals surface area contributed by atoms with Gasteiger partial charge in [-0.15, -0.1) is 0 Å². The highest BCUT2D eigenvalue weighted by Gasteiger charge is 2.21. The molecule has 0 saturated heterocycles. The number of nitrogens with two attached hydrogens (primary N) is 1. The fourth-order valence-corrected chi connectivity index (χ4v) is 3.20. The second kappa shape index (κ2) is 5.37. The second-order valence-corrected chi connectivity index (χ2v) is 6.08. The molecule has 1 heterocycles. The molecule has 0 spiro atoms. The van der Waals surface area contributed by atoms with Crippen molar-refractivity contribution in [2.45, 2.75) is 19.9 Å². The van der Waals surface area contributed by atoms with Crippen molar-refractivity contribution in [1.82, 2.24) is 0 Å². The van der Waals surface area contributed by atoms with Crippen LogP contribution in [0.5, 0.6) is 0 Å². The Balaban J connectivity index is 1.91. The summed E-state index contributed by atoms with van der Waals surface area (Å²) in [6.45, 7) is 4.20. The molecule has 2 N–H and O–H groups in total. The molecule has 0 aromatic heterocycles. The smallest absolute Gasteiger partial charge is 0.0476 e. The predicted octanol–water partition coefficient (Wildman–Crippen LogP) is 4.12. The van der Waals surface area contributed by atoms with Gasteiger partial charge in [-0.05, 0) is 41.7 Å². The van der Waals surface area contributed by atoms with E-state index in [0.717, 1.165) is 30.1 Å². The summed E-state index contributed by atoms with van der Waals surface area (Å²) in [5.41, 5.74) is 10.4. The van der Waals surface area contributed by atoms with Gasteiger partial charge in [-0.1, -0.05) is 42.8 Å². The van der Waals surface area contributed by atoms with Crippen LogP contribution in [-0.2, 0) is 13.0 Å². The minimum Gasteiger partial charge on any atom is -0.399 e. The Hall–Kier alpha value is -1.67. The molecule has 1 aliphatic rings. The SMILES string of the molecule is CC1Cc2ccccc2N(Cc2ccc(N)cc2Cl)C1. The van der Waals surface area contributed by atoms with Gasteiger partial charge >= 0.3 is 0 Å². The Morgan fingerprint density at radius 3 is 2.85 bits per heavy atom. The zero-order chi connectivity index (χ0) is 14.1. The van der Waals surface area contributed by atoms with Crippen LogP contribution in [0.15, 0.2) is 42.5 Å². The number of nitrogens with zero attached hydrogens (tertiary/aromatic N) is 1. The first-order valence-electron chi connectivity index (χ1n) is 7.00. The average molecular weight is 287 g/mol. The minimum atomic E-state index is 0.664. The molecular formula is C17H19ClN2. The third-order valence-corrected chi connectivity index (χ3v) is 4.22. The molecule has 104 valence electrons. The summed E-state index contributed by atoms with van der Waals surface area (Å²) >= 11 is 6.31. The standard InChI is InChI=1S/C17H19ClN2/c1-12-8-13-4-2-3-5-17(13)20(10-12)11-14-6-7-15(19)9-16(14)18/h2-7,9,12H,8,10-11,19H2,1H3. The summed E-state index contributed by atoms with van der Waals surface area (Å²) in [5, 5.41) is 0.751. The zero-order valence-electron chi connectivity index (χ0n) is 11.6. The first-order valence-corrected chi connectivity index (χ1v) is 7.38. The maximum atomic E-state index is 6.31. The molecule has 3 heteroatoms. The van der Waals surface area contributed by atoms with Gasteiger partial charge in [0, 0.05) is 29.5 Å². The molecule has 20 heavy (non-hydrogen) atoms. The van der Waals surface area contributed by atoms with Gasteiger partial charge in [0.15, 0.2) is 0 Å². The lowest BCUT2D eigenvalue weighted by Gasteiger charge is -2.35. The highest BCUT2D eigenvalue weighted by Crippen LogP contribution is 2.32. The van der Waals surface area contributed by atoms with Crippen LogP contribution < -0.4 is 10.6 Å². The van der Waals surface area contributed by atoms with Gasteiger partial charge in [0.05, 0.1) is 0 Å². The van der Waals surface area contributed by atoms with Gasteiger partial charge in [-0.2, -0.15) is 0 Å². The minimum absolute atomic E-state index is 0.664. The van der Waals surface area contributed by atoms with Crippen molar-refractivity contribution in [2.24, 2.45) is 5.92 Å². The van der Waals surface area contributed by atoms with Crippen LogP contribution in [0, 0.1) is 5.92 Å². The number of fused-ring (bicyclic) bond motifs is 1. The van der Waals surface area contributed by atoms with Gasteiger partial charge in [-0.3, -0.25) is 0 Å². The summed E-state index contributed by atoms with van der Waals surface area (Å²) in [6, 6.07) is 14.4. The molecule has 0 saturated carbocycles. The van der Waals surface area contributed by atoms with Crippen LogP contribution >= 0.6 is 11.6 Å². The molecule has 2 nitrogen and oxygen atoms in total. The highest BCUT2D eigenvalue weighted by molar-refractivity contribution is 6.31. The Bertz CT molecular complexity index is 624. The van der Waals surface area contributed by atoms with Crippen LogP contribution in [0.4, 0.5) is 11.4 Å². The molecule has 1 atom stereocenters. The fraction of sp³-hybridized carbons (Fsp3) is 0.294. The van der Waals surface area contributed by atoms with Crippen LogP contribution in [0.2, 0.25) is 5.02 Å². The molecule has 0 radical (unpaired) electrons. The van der Waals surface area contributed by atoms with Crippen molar-refractivity contribution in [3.05, 3.63) is 58.6 Å². The predicted molar refractivity (Wildman–Crippen MR) is 86.2 cm³/mol. The number of hydrogen-bond acceptors (Lipinski definition) is 2. The summed E-state index contributed by atoms with van der Waals surface area (Å²) < 4.78 is 0. The summed E-state index contributed by atoms with van der Waals surface area (Å²) in [5.74, 6) is 0.664. The van der Waals surface area contributed by atoms with Gasteiger partial charge in [0.25, 0.3) is 0 Å². The Kier molecular flexibility index (Phi) is 3.58. The molecule has 1 aliphatic heterocycles. The summed E-state index contributed by atoms with van der Waals surface area (Å²) in [7, 11) is 0. The molecule has 2 aromatic carbocycles. The maximum absolute atomic E-state index is 6.31. The number of hydrogen-bond donors (Lipinski definition) is 1. The van der Waals surface area contributed by atoms with Crippen LogP contribution in [0.1, 0.15) is 18.1 Å². The number of benzene rings is 2. The quantitative estimate of drug-likeness (QED) is 0.842. The summed E-state index contributed by atoms with van der Waals surface area (Å²) in [4.78, 5) is 2.42. The first kappa shape index (κ1) is 13.3. The number of para-hydroxylation sites is 1.